The largest absolute Gasteiger partial charge is 0.496 e. The summed E-state index contributed by atoms with van der Waals surface area (Å²) in [5.41, 5.74) is 3.39. The van der Waals surface area contributed by atoms with Gasteiger partial charge in [-0.25, -0.2) is 0 Å². The van der Waals surface area contributed by atoms with E-state index in [1.165, 1.54) is 5.56 Å². The van der Waals surface area contributed by atoms with Crippen LogP contribution in [-0.4, -0.2) is 23.3 Å². The van der Waals surface area contributed by atoms with Crippen molar-refractivity contribution in [2.75, 3.05) is 7.11 Å². The fourth-order valence-corrected chi connectivity index (χ4v) is 3.06. The number of rotatable bonds is 4. The zero-order valence-electron chi connectivity index (χ0n) is 11.6. The molecule has 1 aromatic heterocycles. The highest BCUT2D eigenvalue weighted by molar-refractivity contribution is 5.35. The molecule has 2 atom stereocenters. The highest BCUT2D eigenvalue weighted by Crippen LogP contribution is 2.35. The highest BCUT2D eigenvalue weighted by atomic mass is 16.5. The monoisotopic (exact) mass is 269 g/mol. The van der Waals surface area contributed by atoms with Gasteiger partial charge in [0, 0.05) is 24.2 Å². The number of methoxy groups -OCH3 is 1. The van der Waals surface area contributed by atoms with Crippen LogP contribution in [0.1, 0.15) is 29.2 Å². The lowest BCUT2D eigenvalue weighted by molar-refractivity contribution is 0.140. The maximum absolute atomic E-state index is 10.6. The number of hydrogen-bond donors (Lipinski definition) is 1. The van der Waals surface area contributed by atoms with Crippen LogP contribution >= 0.6 is 0 Å². The van der Waals surface area contributed by atoms with E-state index in [1.54, 1.807) is 7.11 Å². The van der Waals surface area contributed by atoms with Gasteiger partial charge in [0.1, 0.15) is 5.75 Å². The van der Waals surface area contributed by atoms with Gasteiger partial charge in [0.25, 0.3) is 0 Å². The summed E-state index contributed by atoms with van der Waals surface area (Å²) in [5.74, 6) is 0.974. The minimum Gasteiger partial charge on any atom is -0.496 e. The Morgan fingerprint density at radius 3 is 3.00 bits per heavy atom. The van der Waals surface area contributed by atoms with Crippen molar-refractivity contribution in [3.05, 3.63) is 59.4 Å². The average Bonchev–Trinajstić information content (AvgIpc) is 2.92. The first kappa shape index (κ1) is 13.1. The number of nitrogens with zero attached hydrogens (tertiary/aromatic N) is 1. The third-order valence-corrected chi connectivity index (χ3v) is 4.09. The molecular weight excluding hydrogens is 250 g/mol. The first-order chi connectivity index (χ1) is 9.79. The van der Waals surface area contributed by atoms with Crippen molar-refractivity contribution in [3.8, 4) is 5.75 Å². The van der Waals surface area contributed by atoms with Gasteiger partial charge in [0.05, 0.1) is 13.2 Å². The molecule has 1 heterocycles. The van der Waals surface area contributed by atoms with Gasteiger partial charge in [-0.2, -0.15) is 0 Å². The normalized spacial score (nSPS) is 18.6. The predicted octanol–water partition coefficient (Wildman–Crippen LogP) is 2.72. The Hall–Kier alpha value is -1.87. The number of aliphatic hydroxyl groups is 1. The number of para-hydroxylation sites is 1. The zero-order chi connectivity index (χ0) is 13.9. The smallest absolute Gasteiger partial charge is 0.122 e. The van der Waals surface area contributed by atoms with Crippen LogP contribution in [0.25, 0.3) is 0 Å². The van der Waals surface area contributed by atoms with Gasteiger partial charge in [-0.3, -0.25) is 4.98 Å². The van der Waals surface area contributed by atoms with Gasteiger partial charge >= 0.3 is 0 Å². The summed E-state index contributed by atoms with van der Waals surface area (Å²) in [6.07, 6.45) is 3.99. The van der Waals surface area contributed by atoms with Crippen LogP contribution in [0, 0.1) is 0 Å². The molecule has 1 N–H and O–H groups in total. The molecule has 0 radical (unpaired) electrons. The van der Waals surface area contributed by atoms with Crippen molar-refractivity contribution in [1.82, 2.24) is 4.98 Å². The SMILES string of the molecule is COc1ccccc1CC(O)C1CCc2cccnc21. The summed E-state index contributed by atoms with van der Waals surface area (Å²) >= 11 is 0. The number of ether oxygens (including phenoxy) is 1. The number of fused-ring (bicyclic) bond motifs is 1. The van der Waals surface area contributed by atoms with E-state index in [4.69, 9.17) is 4.74 Å². The number of pyridine rings is 1. The van der Waals surface area contributed by atoms with Crippen molar-refractivity contribution < 1.29 is 9.84 Å². The molecule has 0 spiro atoms. The highest BCUT2D eigenvalue weighted by Gasteiger charge is 2.30. The summed E-state index contributed by atoms with van der Waals surface area (Å²) in [6.45, 7) is 0. The summed E-state index contributed by atoms with van der Waals surface area (Å²) in [7, 11) is 1.66. The fourth-order valence-electron chi connectivity index (χ4n) is 3.06. The van der Waals surface area contributed by atoms with Crippen LogP contribution in [0.15, 0.2) is 42.6 Å². The molecule has 0 saturated heterocycles. The van der Waals surface area contributed by atoms with E-state index in [2.05, 4.69) is 11.1 Å². The van der Waals surface area contributed by atoms with Crippen molar-refractivity contribution in [2.24, 2.45) is 0 Å². The van der Waals surface area contributed by atoms with Crippen molar-refractivity contribution in [2.45, 2.75) is 31.3 Å². The van der Waals surface area contributed by atoms with Crippen molar-refractivity contribution in [3.63, 3.8) is 0 Å². The molecule has 1 aliphatic rings. The summed E-state index contributed by atoms with van der Waals surface area (Å²) < 4.78 is 5.35. The van der Waals surface area contributed by atoms with E-state index in [0.717, 1.165) is 29.8 Å². The van der Waals surface area contributed by atoms with Gasteiger partial charge in [0.2, 0.25) is 0 Å². The van der Waals surface area contributed by atoms with Crippen LogP contribution in [0.5, 0.6) is 5.75 Å². The van der Waals surface area contributed by atoms with E-state index in [9.17, 15) is 5.11 Å². The third kappa shape index (κ3) is 2.41. The van der Waals surface area contributed by atoms with Crippen LogP contribution in [0.2, 0.25) is 0 Å². The minimum atomic E-state index is -0.414. The standard InChI is InChI=1S/C17H19NO2/c1-20-16-7-3-2-5-13(16)11-15(19)14-9-8-12-6-4-10-18-17(12)14/h2-7,10,14-15,19H,8-9,11H2,1H3. The molecule has 0 aliphatic heterocycles. The van der Waals surface area contributed by atoms with Crippen LogP contribution in [0.4, 0.5) is 0 Å². The van der Waals surface area contributed by atoms with E-state index in [1.807, 2.05) is 36.5 Å². The number of aryl methyl sites for hydroxylation is 1. The lowest BCUT2D eigenvalue weighted by Crippen LogP contribution is -2.20. The predicted molar refractivity (Wildman–Crippen MR) is 78.0 cm³/mol. The molecule has 104 valence electrons. The van der Waals surface area contributed by atoms with Crippen molar-refractivity contribution in [1.29, 1.82) is 0 Å². The molecule has 1 aromatic carbocycles. The second-order valence-corrected chi connectivity index (χ2v) is 5.28. The van der Waals surface area contributed by atoms with Crippen LogP contribution in [0.3, 0.4) is 0 Å². The summed E-state index contributed by atoms with van der Waals surface area (Å²) in [6, 6.07) is 11.9. The molecule has 1 aliphatic carbocycles. The second-order valence-electron chi connectivity index (χ2n) is 5.28. The summed E-state index contributed by atoms with van der Waals surface area (Å²) in [4.78, 5) is 4.45. The Bertz CT molecular complexity index is 597. The first-order valence-electron chi connectivity index (χ1n) is 7.03. The first-order valence-corrected chi connectivity index (χ1v) is 7.03. The van der Waals surface area contributed by atoms with Gasteiger partial charge in [0.15, 0.2) is 0 Å². The Balaban J connectivity index is 1.79. The topological polar surface area (TPSA) is 42.4 Å². The Morgan fingerprint density at radius 2 is 2.15 bits per heavy atom. The van der Waals surface area contributed by atoms with Crippen LogP contribution < -0.4 is 4.74 Å². The Morgan fingerprint density at radius 1 is 1.30 bits per heavy atom. The molecule has 3 rings (SSSR count). The minimum absolute atomic E-state index is 0.135. The van der Waals surface area contributed by atoms with E-state index in [0.29, 0.717) is 6.42 Å². The molecule has 0 fully saturated rings. The number of aromatic nitrogens is 1. The third-order valence-electron chi connectivity index (χ3n) is 4.09. The molecule has 0 saturated carbocycles. The molecule has 3 nitrogen and oxygen atoms in total. The lowest BCUT2D eigenvalue weighted by atomic mass is 9.93. The fraction of sp³-hybridized carbons (Fsp3) is 0.353. The molecule has 0 amide bonds. The van der Waals surface area contributed by atoms with E-state index in [-0.39, 0.29) is 5.92 Å². The maximum Gasteiger partial charge on any atom is 0.122 e. The molecule has 0 bridgehead atoms. The quantitative estimate of drug-likeness (QED) is 0.928. The Kier molecular flexibility index (Phi) is 3.70. The zero-order valence-corrected chi connectivity index (χ0v) is 11.6. The number of hydrogen-bond acceptors (Lipinski definition) is 3. The average molecular weight is 269 g/mol. The Labute approximate surface area is 119 Å². The number of benzene rings is 1. The van der Waals surface area contributed by atoms with Crippen molar-refractivity contribution >= 4 is 0 Å². The maximum atomic E-state index is 10.6. The molecular formula is C17H19NO2. The van der Waals surface area contributed by atoms with E-state index >= 15 is 0 Å². The number of aliphatic hydroxyl groups excluding tert-OH is 1. The van der Waals surface area contributed by atoms with Gasteiger partial charge < -0.3 is 9.84 Å². The molecule has 2 unspecified atom stereocenters. The lowest BCUT2D eigenvalue weighted by Gasteiger charge is -2.19. The molecule has 20 heavy (non-hydrogen) atoms. The molecule has 3 heteroatoms. The summed E-state index contributed by atoms with van der Waals surface area (Å²) in [5, 5.41) is 10.6. The van der Waals surface area contributed by atoms with E-state index < -0.39 is 6.10 Å². The van der Waals surface area contributed by atoms with Gasteiger partial charge in [-0.15, -0.1) is 0 Å². The molecule has 2 aromatic rings. The van der Waals surface area contributed by atoms with Gasteiger partial charge in [-0.1, -0.05) is 24.3 Å². The van der Waals surface area contributed by atoms with Gasteiger partial charge in [-0.05, 0) is 36.1 Å². The van der Waals surface area contributed by atoms with Crippen LogP contribution in [-0.2, 0) is 12.8 Å². The second kappa shape index (κ2) is 5.63.